The molecule has 0 aliphatic heterocycles. The monoisotopic (exact) mass is 357 g/mol. The van der Waals surface area contributed by atoms with Crippen LogP contribution in [0.5, 0.6) is 5.75 Å². The largest absolute Gasteiger partial charge is 0.441 e. The van der Waals surface area contributed by atoms with E-state index >= 15 is 0 Å². The van der Waals surface area contributed by atoms with E-state index in [0.717, 1.165) is 23.3 Å². The summed E-state index contributed by atoms with van der Waals surface area (Å²) in [5.74, 6) is -0.861. The average Bonchev–Trinajstić information content (AvgIpc) is 3.00. The van der Waals surface area contributed by atoms with Gasteiger partial charge in [-0.15, -0.1) is 0 Å². The van der Waals surface area contributed by atoms with Crippen LogP contribution >= 0.6 is 0 Å². The molecule has 3 aromatic rings. The summed E-state index contributed by atoms with van der Waals surface area (Å²) in [6, 6.07) is 8.75. The third-order valence-electron chi connectivity index (χ3n) is 3.72. The summed E-state index contributed by atoms with van der Waals surface area (Å²) < 4.78 is 37.5. The van der Waals surface area contributed by atoms with Gasteiger partial charge in [0.25, 0.3) is 0 Å². The van der Waals surface area contributed by atoms with E-state index in [4.69, 9.17) is 9.15 Å². The number of halogens is 2. The van der Waals surface area contributed by atoms with Crippen molar-refractivity contribution in [3.63, 3.8) is 0 Å². The van der Waals surface area contributed by atoms with Gasteiger partial charge in [0.2, 0.25) is 0 Å². The van der Waals surface area contributed by atoms with Gasteiger partial charge in [-0.2, -0.15) is 0 Å². The Morgan fingerprint density at radius 3 is 2.54 bits per heavy atom. The molecule has 3 rings (SSSR count). The van der Waals surface area contributed by atoms with Gasteiger partial charge in [0.05, 0.1) is 18.2 Å². The molecule has 0 aliphatic carbocycles. The number of rotatable bonds is 5. The van der Waals surface area contributed by atoms with E-state index in [0.29, 0.717) is 5.75 Å². The minimum absolute atomic E-state index is 0.0683. The number of oxazole rings is 1. The predicted octanol–water partition coefficient (Wildman–Crippen LogP) is 4.77. The van der Waals surface area contributed by atoms with Crippen molar-refractivity contribution in [2.24, 2.45) is 0 Å². The second kappa shape index (κ2) is 7.47. The summed E-state index contributed by atoms with van der Waals surface area (Å²) in [7, 11) is 0. The van der Waals surface area contributed by atoms with E-state index in [2.05, 4.69) is 4.98 Å². The van der Waals surface area contributed by atoms with Crippen LogP contribution in [0.2, 0.25) is 0 Å². The first-order valence-electron chi connectivity index (χ1n) is 8.10. The Balaban J connectivity index is 1.61. The van der Waals surface area contributed by atoms with Crippen LogP contribution < -0.4 is 4.74 Å². The molecule has 6 heteroatoms. The van der Waals surface area contributed by atoms with Crippen molar-refractivity contribution in [1.82, 2.24) is 4.98 Å². The summed E-state index contributed by atoms with van der Waals surface area (Å²) in [6.45, 7) is 3.85. The number of esters is 1. The summed E-state index contributed by atoms with van der Waals surface area (Å²) in [6.07, 6.45) is 1.63. The van der Waals surface area contributed by atoms with Gasteiger partial charge >= 0.3 is 5.97 Å². The van der Waals surface area contributed by atoms with Crippen molar-refractivity contribution < 1.29 is 22.7 Å². The summed E-state index contributed by atoms with van der Waals surface area (Å²) in [5, 5.41) is 0. The maximum absolute atomic E-state index is 13.8. The van der Waals surface area contributed by atoms with Crippen LogP contribution in [-0.4, -0.2) is 11.0 Å². The van der Waals surface area contributed by atoms with Crippen LogP contribution in [0.3, 0.4) is 0 Å². The van der Waals surface area contributed by atoms with Crippen LogP contribution in [-0.2, 0) is 11.2 Å². The highest BCUT2D eigenvalue weighted by Crippen LogP contribution is 2.24. The van der Waals surface area contributed by atoms with Crippen molar-refractivity contribution in [3.05, 3.63) is 71.2 Å². The quantitative estimate of drug-likeness (QED) is 0.487. The smallest absolute Gasteiger partial charge is 0.311 e. The Labute approximate surface area is 149 Å². The Kier molecular flexibility index (Phi) is 5.11. The Bertz CT molecular complexity index is 930. The lowest BCUT2D eigenvalue weighted by molar-refractivity contribution is -0.134. The van der Waals surface area contributed by atoms with E-state index < -0.39 is 17.6 Å². The minimum Gasteiger partial charge on any atom is -0.441 e. The number of ether oxygens (including phenoxy) is 1. The highest BCUT2D eigenvalue weighted by atomic mass is 19.1. The number of benzene rings is 2. The Morgan fingerprint density at radius 2 is 1.85 bits per heavy atom. The molecule has 4 nitrogen and oxygen atoms in total. The second-order valence-electron chi connectivity index (χ2n) is 6.04. The number of nitrogens with zero attached hydrogens (tertiary/aromatic N) is 1. The SMILES string of the molecule is Cc1cc(C)cc(OC(=O)CCc2ncc(-c3ccc(F)cc3F)o2)c1. The van der Waals surface area contributed by atoms with E-state index in [-0.39, 0.29) is 30.1 Å². The Morgan fingerprint density at radius 1 is 1.12 bits per heavy atom. The second-order valence-corrected chi connectivity index (χ2v) is 6.04. The lowest BCUT2D eigenvalue weighted by atomic mass is 10.1. The molecule has 134 valence electrons. The fourth-order valence-electron chi connectivity index (χ4n) is 2.62. The van der Waals surface area contributed by atoms with Gasteiger partial charge in [0.1, 0.15) is 17.4 Å². The molecular formula is C20H17F2NO3. The first kappa shape index (κ1) is 17.8. The van der Waals surface area contributed by atoms with Crippen LogP contribution in [0.25, 0.3) is 11.3 Å². The zero-order valence-electron chi connectivity index (χ0n) is 14.4. The third kappa shape index (κ3) is 4.33. The van der Waals surface area contributed by atoms with Gasteiger partial charge in [-0.1, -0.05) is 6.07 Å². The van der Waals surface area contributed by atoms with Crippen LogP contribution in [0.15, 0.2) is 47.0 Å². The van der Waals surface area contributed by atoms with Crippen LogP contribution in [0.1, 0.15) is 23.4 Å². The lowest BCUT2D eigenvalue weighted by Crippen LogP contribution is -2.09. The molecule has 0 atom stereocenters. The normalized spacial score (nSPS) is 10.8. The van der Waals surface area contributed by atoms with Gasteiger partial charge in [-0.05, 0) is 49.2 Å². The zero-order chi connectivity index (χ0) is 18.7. The number of aryl methyl sites for hydroxylation is 3. The molecular weight excluding hydrogens is 340 g/mol. The molecule has 0 spiro atoms. The molecule has 0 bridgehead atoms. The molecule has 0 saturated carbocycles. The van der Waals surface area contributed by atoms with Gasteiger partial charge in [-0.25, -0.2) is 13.8 Å². The fraction of sp³-hybridized carbons (Fsp3) is 0.200. The molecule has 0 saturated heterocycles. The molecule has 0 radical (unpaired) electrons. The fourth-order valence-corrected chi connectivity index (χ4v) is 2.62. The maximum atomic E-state index is 13.8. The summed E-state index contributed by atoms with van der Waals surface area (Å²) in [4.78, 5) is 16.0. The number of carbonyl (C=O) groups excluding carboxylic acids is 1. The first-order chi connectivity index (χ1) is 12.4. The lowest BCUT2D eigenvalue weighted by Gasteiger charge is -2.06. The van der Waals surface area contributed by atoms with Crippen molar-refractivity contribution in [1.29, 1.82) is 0 Å². The molecule has 0 aliphatic rings. The third-order valence-corrected chi connectivity index (χ3v) is 3.72. The number of hydrogen-bond acceptors (Lipinski definition) is 4. The van der Waals surface area contributed by atoms with Gasteiger partial charge in [0, 0.05) is 12.5 Å². The molecule has 0 unspecified atom stereocenters. The molecule has 0 N–H and O–H groups in total. The van der Waals surface area contributed by atoms with Gasteiger partial charge in [0.15, 0.2) is 11.7 Å². The number of hydrogen-bond donors (Lipinski definition) is 0. The Hall–Kier alpha value is -3.02. The average molecular weight is 357 g/mol. The van der Waals surface area contributed by atoms with Crippen molar-refractivity contribution in [2.45, 2.75) is 26.7 Å². The minimum atomic E-state index is -0.734. The molecule has 2 aromatic carbocycles. The number of aromatic nitrogens is 1. The standard InChI is InChI=1S/C20H17F2NO3/c1-12-7-13(2)9-15(8-12)25-20(24)6-5-19-23-11-18(26-19)16-4-3-14(21)10-17(16)22/h3-4,7-11H,5-6H2,1-2H3. The molecule has 0 fully saturated rings. The highest BCUT2D eigenvalue weighted by molar-refractivity contribution is 5.72. The van der Waals surface area contributed by atoms with Crippen molar-refractivity contribution in [3.8, 4) is 17.1 Å². The van der Waals surface area contributed by atoms with Crippen LogP contribution in [0, 0.1) is 25.5 Å². The van der Waals surface area contributed by atoms with Gasteiger partial charge < -0.3 is 9.15 Å². The van der Waals surface area contributed by atoms with Crippen molar-refractivity contribution >= 4 is 5.97 Å². The summed E-state index contributed by atoms with van der Waals surface area (Å²) >= 11 is 0. The first-order valence-corrected chi connectivity index (χ1v) is 8.10. The highest BCUT2D eigenvalue weighted by Gasteiger charge is 2.14. The molecule has 26 heavy (non-hydrogen) atoms. The molecule has 1 aromatic heterocycles. The zero-order valence-corrected chi connectivity index (χ0v) is 14.4. The van der Waals surface area contributed by atoms with Gasteiger partial charge in [-0.3, -0.25) is 4.79 Å². The van der Waals surface area contributed by atoms with E-state index in [1.165, 1.54) is 12.3 Å². The topological polar surface area (TPSA) is 52.3 Å². The molecule has 0 amide bonds. The number of carbonyl (C=O) groups is 1. The maximum Gasteiger partial charge on any atom is 0.311 e. The molecule has 1 heterocycles. The van der Waals surface area contributed by atoms with Crippen LogP contribution in [0.4, 0.5) is 8.78 Å². The van der Waals surface area contributed by atoms with E-state index in [9.17, 15) is 13.6 Å². The summed E-state index contributed by atoms with van der Waals surface area (Å²) in [5.41, 5.74) is 2.13. The van der Waals surface area contributed by atoms with Crippen molar-refractivity contribution in [2.75, 3.05) is 0 Å². The van der Waals surface area contributed by atoms with E-state index in [1.54, 1.807) is 12.1 Å². The van der Waals surface area contributed by atoms with E-state index in [1.807, 2.05) is 19.9 Å². The predicted molar refractivity (Wildman–Crippen MR) is 91.7 cm³/mol.